The molecule has 11 heteroatoms. The number of phenols is 1. The summed E-state index contributed by atoms with van der Waals surface area (Å²) in [7, 11) is 0. The number of nitrogens with one attached hydrogen (secondary N) is 1. The first-order valence-corrected chi connectivity index (χ1v) is 9.12. The Morgan fingerprint density at radius 1 is 1.26 bits per heavy atom. The van der Waals surface area contributed by atoms with Crippen LogP contribution in [-0.2, 0) is 4.79 Å². The molecule has 1 aliphatic rings. The molecule has 0 atom stereocenters. The third kappa shape index (κ3) is 4.19. The van der Waals surface area contributed by atoms with Crippen LogP contribution in [-0.4, -0.2) is 21.1 Å². The van der Waals surface area contributed by atoms with Gasteiger partial charge in [0.15, 0.2) is 5.17 Å². The molecular formula is C16H8Cl3N3O4S. The number of hydrogen-bond donors (Lipinski definition) is 2. The summed E-state index contributed by atoms with van der Waals surface area (Å²) >= 11 is 18.8. The monoisotopic (exact) mass is 443 g/mol. The Morgan fingerprint density at radius 3 is 2.70 bits per heavy atom. The molecule has 0 radical (unpaired) electrons. The van der Waals surface area contributed by atoms with E-state index in [1.54, 1.807) is 18.2 Å². The molecule has 0 spiro atoms. The minimum absolute atomic E-state index is 0.0360. The van der Waals surface area contributed by atoms with E-state index in [4.69, 9.17) is 34.8 Å². The van der Waals surface area contributed by atoms with Gasteiger partial charge in [0.2, 0.25) is 5.75 Å². The number of benzene rings is 2. The molecule has 1 amide bonds. The van der Waals surface area contributed by atoms with Crippen LogP contribution in [0, 0.1) is 10.1 Å². The number of carbonyl (C=O) groups is 1. The summed E-state index contributed by atoms with van der Waals surface area (Å²) < 4.78 is 0. The van der Waals surface area contributed by atoms with Crippen molar-refractivity contribution in [2.24, 2.45) is 4.99 Å². The Bertz CT molecular complexity index is 1040. The lowest BCUT2D eigenvalue weighted by atomic mass is 10.1. The van der Waals surface area contributed by atoms with Crippen LogP contribution < -0.4 is 5.32 Å². The van der Waals surface area contributed by atoms with Crippen LogP contribution in [0.25, 0.3) is 6.08 Å². The summed E-state index contributed by atoms with van der Waals surface area (Å²) in [6.07, 6.45) is 1.29. The van der Waals surface area contributed by atoms with E-state index in [0.29, 0.717) is 10.7 Å². The van der Waals surface area contributed by atoms with E-state index in [1.807, 2.05) is 0 Å². The highest BCUT2D eigenvalue weighted by molar-refractivity contribution is 8.18. The van der Waals surface area contributed by atoms with Gasteiger partial charge in [0.25, 0.3) is 5.91 Å². The van der Waals surface area contributed by atoms with E-state index in [0.717, 1.165) is 17.8 Å². The number of nitro benzene ring substituents is 1. The number of carbonyl (C=O) groups excluding carboxylic acids is 1. The summed E-state index contributed by atoms with van der Waals surface area (Å²) in [5.41, 5.74) is -0.152. The molecule has 2 aromatic carbocycles. The molecule has 1 aliphatic heterocycles. The van der Waals surface area contributed by atoms with Crippen LogP contribution in [0.15, 0.2) is 40.2 Å². The standard InChI is InChI=1S/C16H8Cl3N3O4S/c17-8-4-7(14(23)11(6-8)22(25)26)5-12-15(24)21-16(27-12)20-10-3-1-2-9(18)13(10)19/h1-6,23H,(H,20,21,24)/b12-5-. The van der Waals surface area contributed by atoms with Crippen molar-refractivity contribution in [2.45, 2.75) is 0 Å². The second-order valence-electron chi connectivity index (χ2n) is 5.17. The predicted molar refractivity (Wildman–Crippen MR) is 107 cm³/mol. The maximum Gasteiger partial charge on any atom is 0.312 e. The molecule has 7 nitrogen and oxygen atoms in total. The highest BCUT2D eigenvalue weighted by Gasteiger charge is 2.26. The summed E-state index contributed by atoms with van der Waals surface area (Å²) in [4.78, 5) is 26.8. The molecule has 1 heterocycles. The first kappa shape index (κ1) is 19.5. The molecule has 2 N–H and O–H groups in total. The Balaban J connectivity index is 1.96. The Labute approximate surface area is 171 Å². The lowest BCUT2D eigenvalue weighted by Gasteiger charge is -2.02. The highest BCUT2D eigenvalue weighted by atomic mass is 35.5. The van der Waals surface area contributed by atoms with Gasteiger partial charge in [-0.15, -0.1) is 0 Å². The number of hydrogen-bond acceptors (Lipinski definition) is 6. The number of nitrogens with zero attached hydrogens (tertiary/aromatic N) is 2. The average molecular weight is 445 g/mol. The van der Waals surface area contributed by atoms with E-state index in [9.17, 15) is 20.0 Å². The highest BCUT2D eigenvalue weighted by Crippen LogP contribution is 2.38. The zero-order chi connectivity index (χ0) is 19.7. The second-order valence-corrected chi connectivity index (χ2v) is 7.43. The largest absolute Gasteiger partial charge is 0.502 e. The van der Waals surface area contributed by atoms with E-state index in [-0.39, 0.29) is 25.7 Å². The van der Waals surface area contributed by atoms with Gasteiger partial charge in [-0.3, -0.25) is 14.9 Å². The van der Waals surface area contributed by atoms with Gasteiger partial charge in [-0.1, -0.05) is 40.9 Å². The first-order valence-electron chi connectivity index (χ1n) is 7.16. The number of aliphatic imine (C=N–C) groups is 1. The SMILES string of the molecule is O=C1NC(=Nc2cccc(Cl)c2Cl)S/C1=C\c1cc(Cl)cc([N+](=O)[O-])c1O. The van der Waals surface area contributed by atoms with Crippen molar-refractivity contribution in [1.82, 2.24) is 5.32 Å². The molecule has 0 aromatic heterocycles. The second kappa shape index (κ2) is 7.77. The Morgan fingerprint density at radius 2 is 2.00 bits per heavy atom. The van der Waals surface area contributed by atoms with Gasteiger partial charge < -0.3 is 10.4 Å². The molecule has 0 aliphatic carbocycles. The minimum atomic E-state index is -0.765. The number of phenolic OH excluding ortho intramolecular Hbond substituents is 1. The number of thioether (sulfide) groups is 1. The fourth-order valence-corrected chi connectivity index (χ4v) is 3.55. The van der Waals surface area contributed by atoms with E-state index >= 15 is 0 Å². The van der Waals surface area contributed by atoms with Crippen molar-refractivity contribution in [1.29, 1.82) is 0 Å². The van der Waals surface area contributed by atoms with Crippen molar-refractivity contribution >= 4 is 75.1 Å². The maximum atomic E-state index is 12.2. The lowest BCUT2D eigenvalue weighted by molar-refractivity contribution is -0.385. The van der Waals surface area contributed by atoms with E-state index < -0.39 is 22.3 Å². The number of amides is 1. The topological polar surface area (TPSA) is 105 Å². The van der Waals surface area contributed by atoms with Crippen molar-refractivity contribution in [3.05, 3.63) is 66.0 Å². The number of rotatable bonds is 3. The van der Waals surface area contributed by atoms with E-state index in [1.165, 1.54) is 12.1 Å². The average Bonchev–Trinajstić information content (AvgIpc) is 2.94. The first-order chi connectivity index (χ1) is 12.8. The summed E-state index contributed by atoms with van der Waals surface area (Å²) in [6.45, 7) is 0. The molecule has 2 aromatic rings. The summed E-state index contributed by atoms with van der Waals surface area (Å²) in [6, 6.07) is 7.23. The molecule has 0 unspecified atom stereocenters. The van der Waals surface area contributed by atoms with Gasteiger partial charge in [-0.2, -0.15) is 0 Å². The van der Waals surface area contributed by atoms with Crippen LogP contribution >= 0.6 is 46.6 Å². The Hall–Kier alpha value is -2.26. The van der Waals surface area contributed by atoms with Gasteiger partial charge in [0.05, 0.1) is 25.6 Å². The predicted octanol–water partition coefficient (Wildman–Crippen LogP) is 5.15. The molecule has 1 saturated heterocycles. The quantitative estimate of drug-likeness (QED) is 0.387. The van der Waals surface area contributed by atoms with Gasteiger partial charge in [0, 0.05) is 16.7 Å². The van der Waals surface area contributed by atoms with E-state index in [2.05, 4.69) is 10.3 Å². The van der Waals surface area contributed by atoms with Crippen LogP contribution in [0.3, 0.4) is 0 Å². The molecule has 1 fully saturated rings. The van der Waals surface area contributed by atoms with Crippen molar-refractivity contribution in [2.75, 3.05) is 0 Å². The fraction of sp³-hybridized carbons (Fsp3) is 0. The zero-order valence-corrected chi connectivity index (χ0v) is 16.2. The number of aromatic hydroxyl groups is 1. The zero-order valence-electron chi connectivity index (χ0n) is 13.1. The molecule has 138 valence electrons. The molecule has 0 saturated carbocycles. The number of halogens is 3. The van der Waals surface area contributed by atoms with Gasteiger partial charge in [-0.25, -0.2) is 4.99 Å². The van der Waals surface area contributed by atoms with Gasteiger partial charge >= 0.3 is 5.69 Å². The normalized spacial score (nSPS) is 16.8. The van der Waals surface area contributed by atoms with Crippen LogP contribution in [0.2, 0.25) is 15.1 Å². The van der Waals surface area contributed by atoms with Gasteiger partial charge in [0.1, 0.15) is 0 Å². The fourth-order valence-electron chi connectivity index (χ4n) is 2.16. The number of amidine groups is 1. The van der Waals surface area contributed by atoms with Crippen molar-refractivity contribution in [3.63, 3.8) is 0 Å². The minimum Gasteiger partial charge on any atom is -0.502 e. The number of nitro groups is 1. The lowest BCUT2D eigenvalue weighted by Crippen LogP contribution is -2.19. The van der Waals surface area contributed by atoms with Crippen LogP contribution in [0.1, 0.15) is 5.56 Å². The molecule has 27 heavy (non-hydrogen) atoms. The van der Waals surface area contributed by atoms with Crippen molar-refractivity contribution in [3.8, 4) is 5.75 Å². The molecule has 0 bridgehead atoms. The third-order valence-corrected chi connectivity index (χ3v) is 5.31. The van der Waals surface area contributed by atoms with Crippen LogP contribution in [0.4, 0.5) is 11.4 Å². The molecular weight excluding hydrogens is 437 g/mol. The van der Waals surface area contributed by atoms with Gasteiger partial charge in [-0.05, 0) is 36.0 Å². The molecule has 3 rings (SSSR count). The smallest absolute Gasteiger partial charge is 0.312 e. The van der Waals surface area contributed by atoms with Crippen molar-refractivity contribution < 1.29 is 14.8 Å². The van der Waals surface area contributed by atoms with Crippen LogP contribution in [0.5, 0.6) is 5.75 Å². The Kier molecular flexibility index (Phi) is 5.61. The maximum absolute atomic E-state index is 12.2. The summed E-state index contributed by atoms with van der Waals surface area (Å²) in [5, 5.41) is 24.4. The summed E-state index contributed by atoms with van der Waals surface area (Å²) in [5.74, 6) is -1.08. The third-order valence-electron chi connectivity index (χ3n) is 3.37.